The van der Waals surface area contributed by atoms with E-state index in [0.717, 1.165) is 4.57 Å². The summed E-state index contributed by atoms with van der Waals surface area (Å²) in [4.78, 5) is 15.4. The molecule has 2 rings (SSSR count). The Bertz CT molecular complexity index is 528. The van der Waals surface area contributed by atoms with Crippen LogP contribution in [0.3, 0.4) is 0 Å². The quantitative estimate of drug-likeness (QED) is 0.782. The van der Waals surface area contributed by atoms with Crippen molar-refractivity contribution < 1.29 is 27.4 Å². The number of imidazole rings is 1. The monoisotopic (exact) mass is 320 g/mol. The number of carbonyl (C=O) groups excluding carboxylic acids is 1. The van der Waals surface area contributed by atoms with E-state index in [4.69, 9.17) is 9.47 Å². The van der Waals surface area contributed by atoms with Gasteiger partial charge in [0.25, 0.3) is 0 Å². The van der Waals surface area contributed by atoms with Gasteiger partial charge in [0.2, 0.25) is 5.82 Å². The fourth-order valence-electron chi connectivity index (χ4n) is 2.45. The number of nitrogens with zero attached hydrogens (tertiary/aromatic N) is 2. The highest BCUT2D eigenvalue weighted by Crippen LogP contribution is 2.32. The minimum atomic E-state index is -4.47. The topological polar surface area (TPSA) is 53.4 Å². The number of alkyl halides is 3. The number of esters is 1. The molecule has 2 heterocycles. The van der Waals surface area contributed by atoms with Gasteiger partial charge < -0.3 is 14.0 Å². The van der Waals surface area contributed by atoms with Gasteiger partial charge in [-0.15, -0.1) is 0 Å². The maximum Gasteiger partial charge on any atom is 0.449 e. The van der Waals surface area contributed by atoms with Crippen molar-refractivity contribution in [3.63, 3.8) is 0 Å². The summed E-state index contributed by atoms with van der Waals surface area (Å²) in [6.45, 7) is 2.24. The summed E-state index contributed by atoms with van der Waals surface area (Å²) in [5.41, 5.74) is 0.422. The molecule has 2 atom stereocenters. The first kappa shape index (κ1) is 16.8. The molecule has 0 saturated heterocycles. The Hall–Kier alpha value is -1.57. The molecule has 0 aliphatic carbocycles. The second-order valence-electron chi connectivity index (χ2n) is 5.41. The lowest BCUT2D eigenvalue weighted by Crippen LogP contribution is -2.29. The Morgan fingerprint density at radius 2 is 2.27 bits per heavy atom. The van der Waals surface area contributed by atoms with Crippen LogP contribution in [0.4, 0.5) is 13.2 Å². The van der Waals surface area contributed by atoms with Crippen molar-refractivity contribution in [2.24, 2.45) is 5.92 Å². The summed E-state index contributed by atoms with van der Waals surface area (Å²) in [5, 5.41) is 0. The second-order valence-corrected chi connectivity index (χ2v) is 5.41. The number of halogens is 3. The predicted octanol–water partition coefficient (Wildman–Crippen LogP) is 2.43. The normalized spacial score (nSPS) is 19.6. The Morgan fingerprint density at radius 1 is 1.55 bits per heavy atom. The maximum absolute atomic E-state index is 12.8. The summed E-state index contributed by atoms with van der Waals surface area (Å²) in [5.74, 6) is -1.68. The molecule has 1 aliphatic heterocycles. The average Bonchev–Trinajstić information content (AvgIpc) is 2.89. The molecular weight excluding hydrogens is 301 g/mol. The first-order valence-electron chi connectivity index (χ1n) is 7.14. The van der Waals surface area contributed by atoms with E-state index in [1.54, 1.807) is 7.11 Å². The van der Waals surface area contributed by atoms with Crippen LogP contribution < -0.4 is 0 Å². The van der Waals surface area contributed by atoms with Gasteiger partial charge in [-0.1, -0.05) is 0 Å². The van der Waals surface area contributed by atoms with Crippen molar-refractivity contribution >= 4 is 5.97 Å². The van der Waals surface area contributed by atoms with E-state index >= 15 is 0 Å². The number of methoxy groups -OCH3 is 1. The SMILES string of the molecule is CO[C@@H](C)CCOC(=O)[C@@H]1CCn2c(cnc2C(F)(F)F)C1. The third-order valence-corrected chi connectivity index (χ3v) is 3.85. The number of rotatable bonds is 5. The van der Waals surface area contributed by atoms with E-state index in [-0.39, 0.29) is 31.6 Å². The highest BCUT2D eigenvalue weighted by Gasteiger charge is 2.39. The summed E-state index contributed by atoms with van der Waals surface area (Å²) < 4.78 is 49.6. The van der Waals surface area contributed by atoms with Crippen LogP contribution in [0, 0.1) is 5.92 Å². The summed E-state index contributed by atoms with van der Waals surface area (Å²) in [6, 6.07) is 0. The molecule has 0 spiro atoms. The molecule has 0 saturated carbocycles. The lowest BCUT2D eigenvalue weighted by molar-refractivity contribution is -0.150. The van der Waals surface area contributed by atoms with Crippen molar-refractivity contribution in [1.82, 2.24) is 9.55 Å². The molecule has 22 heavy (non-hydrogen) atoms. The number of hydrogen-bond donors (Lipinski definition) is 0. The summed E-state index contributed by atoms with van der Waals surface area (Å²) in [6.07, 6.45) is -2.15. The fraction of sp³-hybridized carbons (Fsp3) is 0.714. The van der Waals surface area contributed by atoms with E-state index in [9.17, 15) is 18.0 Å². The number of carbonyl (C=O) groups is 1. The average molecular weight is 320 g/mol. The zero-order valence-electron chi connectivity index (χ0n) is 12.5. The van der Waals surface area contributed by atoms with Crippen molar-refractivity contribution in [2.75, 3.05) is 13.7 Å². The van der Waals surface area contributed by atoms with Gasteiger partial charge in [-0.3, -0.25) is 4.79 Å². The van der Waals surface area contributed by atoms with Gasteiger partial charge in [-0.25, -0.2) is 4.98 Å². The molecule has 124 valence electrons. The molecule has 0 bridgehead atoms. The van der Waals surface area contributed by atoms with Crippen LogP contribution in [0.1, 0.15) is 31.3 Å². The molecule has 0 amide bonds. The largest absolute Gasteiger partial charge is 0.465 e. The molecule has 0 fully saturated rings. The highest BCUT2D eigenvalue weighted by molar-refractivity contribution is 5.72. The smallest absolute Gasteiger partial charge is 0.449 e. The first-order valence-corrected chi connectivity index (χ1v) is 7.14. The van der Waals surface area contributed by atoms with Crippen molar-refractivity contribution in [3.8, 4) is 0 Å². The van der Waals surface area contributed by atoms with Crippen LogP contribution in [0.2, 0.25) is 0 Å². The molecule has 1 aromatic rings. The van der Waals surface area contributed by atoms with Crippen LogP contribution in [-0.2, 0) is 33.4 Å². The van der Waals surface area contributed by atoms with Gasteiger partial charge in [0.1, 0.15) is 0 Å². The van der Waals surface area contributed by atoms with Gasteiger partial charge in [-0.2, -0.15) is 13.2 Å². The van der Waals surface area contributed by atoms with Crippen LogP contribution in [0.25, 0.3) is 0 Å². The zero-order chi connectivity index (χ0) is 16.3. The summed E-state index contributed by atoms with van der Waals surface area (Å²) in [7, 11) is 1.58. The molecule has 1 aromatic heterocycles. The van der Waals surface area contributed by atoms with E-state index < -0.39 is 17.9 Å². The molecule has 0 N–H and O–H groups in total. The Morgan fingerprint density at radius 3 is 2.91 bits per heavy atom. The van der Waals surface area contributed by atoms with E-state index in [0.29, 0.717) is 18.5 Å². The Kier molecular flexibility index (Phi) is 5.10. The van der Waals surface area contributed by atoms with Crippen molar-refractivity contribution in [2.45, 2.75) is 45.0 Å². The third-order valence-electron chi connectivity index (χ3n) is 3.85. The van der Waals surface area contributed by atoms with Crippen molar-refractivity contribution in [3.05, 3.63) is 17.7 Å². The standard InChI is InChI=1S/C14H19F3N2O3/c1-9(21-2)4-6-22-12(20)10-3-5-19-11(7-10)8-18-13(19)14(15,16)17/h8-10H,3-7H2,1-2H3/t9-,10+/m0/s1. The predicted molar refractivity (Wildman–Crippen MR) is 71.1 cm³/mol. The minimum Gasteiger partial charge on any atom is -0.465 e. The molecular formula is C14H19F3N2O3. The van der Waals surface area contributed by atoms with Crippen molar-refractivity contribution in [1.29, 1.82) is 0 Å². The van der Waals surface area contributed by atoms with Gasteiger partial charge in [0, 0.05) is 38.4 Å². The van der Waals surface area contributed by atoms with E-state index in [2.05, 4.69) is 4.98 Å². The van der Waals surface area contributed by atoms with Crippen LogP contribution in [-0.4, -0.2) is 35.3 Å². The number of ether oxygens (including phenoxy) is 2. The lowest BCUT2D eigenvalue weighted by Gasteiger charge is -2.24. The van der Waals surface area contributed by atoms with E-state index in [1.165, 1.54) is 6.20 Å². The fourth-order valence-corrected chi connectivity index (χ4v) is 2.45. The van der Waals surface area contributed by atoms with Gasteiger partial charge in [-0.05, 0) is 13.3 Å². The Balaban J connectivity index is 1.92. The van der Waals surface area contributed by atoms with Crippen LogP contribution >= 0.6 is 0 Å². The van der Waals surface area contributed by atoms with Crippen LogP contribution in [0.15, 0.2) is 6.20 Å². The van der Waals surface area contributed by atoms with Gasteiger partial charge >= 0.3 is 12.1 Å². The molecule has 8 heteroatoms. The maximum atomic E-state index is 12.8. The number of fused-ring (bicyclic) bond motifs is 1. The van der Waals surface area contributed by atoms with Crippen LogP contribution in [0.5, 0.6) is 0 Å². The number of hydrogen-bond acceptors (Lipinski definition) is 4. The third kappa shape index (κ3) is 3.79. The highest BCUT2D eigenvalue weighted by atomic mass is 19.4. The molecule has 5 nitrogen and oxygen atoms in total. The van der Waals surface area contributed by atoms with Gasteiger partial charge in [0.15, 0.2) is 0 Å². The molecule has 0 radical (unpaired) electrons. The minimum absolute atomic E-state index is 0.00469. The molecule has 1 aliphatic rings. The van der Waals surface area contributed by atoms with E-state index in [1.807, 2.05) is 6.92 Å². The first-order chi connectivity index (χ1) is 10.3. The lowest BCUT2D eigenvalue weighted by atomic mass is 9.96. The second kappa shape index (κ2) is 6.68. The zero-order valence-corrected chi connectivity index (χ0v) is 12.5. The molecule has 0 unspecified atom stereocenters. The Labute approximate surface area is 126 Å². The summed E-state index contributed by atoms with van der Waals surface area (Å²) >= 11 is 0. The number of aromatic nitrogens is 2. The van der Waals surface area contributed by atoms with Gasteiger partial charge in [0.05, 0.1) is 18.6 Å². The molecule has 0 aromatic carbocycles.